The van der Waals surface area contributed by atoms with Gasteiger partial charge >= 0.3 is 6.03 Å². The Balaban J connectivity index is 1.83. The SMILES string of the molecule is COc1ccccc1NC(=O)Nc1ccc(Cl)c2c1NS(=O)(=O)C2. The Kier molecular flexibility index (Phi) is 4.25. The summed E-state index contributed by atoms with van der Waals surface area (Å²) in [5, 5.41) is 5.60. The minimum absolute atomic E-state index is 0.217. The number of halogens is 1. The van der Waals surface area contributed by atoms with E-state index in [0.29, 0.717) is 27.7 Å². The van der Waals surface area contributed by atoms with Crippen LogP contribution in [0.1, 0.15) is 5.56 Å². The molecule has 0 aliphatic carbocycles. The molecule has 1 heterocycles. The molecule has 0 saturated heterocycles. The Morgan fingerprint density at radius 2 is 1.88 bits per heavy atom. The summed E-state index contributed by atoms with van der Waals surface area (Å²) in [5.41, 5.74) is 1.54. The number of anilines is 3. The number of carbonyl (C=O) groups excluding carboxylic acids is 1. The van der Waals surface area contributed by atoms with Crippen molar-refractivity contribution in [2.75, 3.05) is 22.5 Å². The number of para-hydroxylation sites is 2. The third-order valence-electron chi connectivity index (χ3n) is 3.45. The first kappa shape index (κ1) is 16.4. The predicted molar refractivity (Wildman–Crippen MR) is 93.3 cm³/mol. The van der Waals surface area contributed by atoms with Gasteiger partial charge in [0.1, 0.15) is 5.75 Å². The van der Waals surface area contributed by atoms with Gasteiger partial charge in [-0.2, -0.15) is 0 Å². The monoisotopic (exact) mass is 367 g/mol. The van der Waals surface area contributed by atoms with Crippen LogP contribution in [0.25, 0.3) is 0 Å². The zero-order chi connectivity index (χ0) is 17.3. The molecule has 3 N–H and O–H groups in total. The smallest absolute Gasteiger partial charge is 0.323 e. The lowest BCUT2D eigenvalue weighted by Crippen LogP contribution is -2.20. The second-order valence-corrected chi connectivity index (χ2v) is 7.22. The minimum atomic E-state index is -3.48. The molecule has 0 spiro atoms. The van der Waals surface area contributed by atoms with Crippen LogP contribution >= 0.6 is 11.6 Å². The van der Waals surface area contributed by atoms with E-state index >= 15 is 0 Å². The molecular formula is C15H14ClN3O4S. The van der Waals surface area contributed by atoms with Crippen LogP contribution in [0.4, 0.5) is 21.9 Å². The average Bonchev–Trinajstić information content (AvgIpc) is 2.87. The van der Waals surface area contributed by atoms with E-state index in [0.717, 1.165) is 0 Å². The highest BCUT2D eigenvalue weighted by Gasteiger charge is 2.28. The molecule has 0 radical (unpaired) electrons. The number of amides is 2. The second kappa shape index (κ2) is 6.21. The van der Waals surface area contributed by atoms with Gasteiger partial charge in [0.2, 0.25) is 10.0 Å². The summed E-state index contributed by atoms with van der Waals surface area (Å²) in [4.78, 5) is 12.2. The molecule has 9 heteroatoms. The molecule has 0 aromatic heterocycles. The van der Waals surface area contributed by atoms with Crippen LogP contribution in [-0.2, 0) is 15.8 Å². The summed E-state index contributed by atoms with van der Waals surface area (Å²) >= 11 is 6.03. The summed E-state index contributed by atoms with van der Waals surface area (Å²) in [6, 6.07) is 9.49. The Labute approximate surface area is 144 Å². The van der Waals surface area contributed by atoms with Crippen LogP contribution in [0.5, 0.6) is 5.75 Å². The number of urea groups is 1. The van der Waals surface area contributed by atoms with Crippen LogP contribution in [0.2, 0.25) is 5.02 Å². The van der Waals surface area contributed by atoms with Gasteiger partial charge in [-0.25, -0.2) is 13.2 Å². The van der Waals surface area contributed by atoms with E-state index in [9.17, 15) is 13.2 Å². The molecule has 7 nitrogen and oxygen atoms in total. The zero-order valence-corrected chi connectivity index (χ0v) is 14.2. The van der Waals surface area contributed by atoms with Crippen molar-refractivity contribution < 1.29 is 17.9 Å². The van der Waals surface area contributed by atoms with E-state index in [-0.39, 0.29) is 11.4 Å². The van der Waals surface area contributed by atoms with Gasteiger partial charge < -0.3 is 15.4 Å². The maximum absolute atomic E-state index is 12.2. The standard InChI is InChI=1S/C15H14ClN3O4S/c1-23-13-5-3-2-4-11(13)17-15(20)18-12-7-6-10(16)9-8-24(21,22)19-14(9)12/h2-7,19H,8H2,1H3,(H2,17,18,20). The fraction of sp³-hybridized carbons (Fsp3) is 0.133. The zero-order valence-electron chi connectivity index (χ0n) is 12.6. The van der Waals surface area contributed by atoms with Gasteiger partial charge in [-0.3, -0.25) is 4.72 Å². The molecule has 0 bridgehead atoms. The molecule has 126 valence electrons. The van der Waals surface area contributed by atoms with Crippen molar-refractivity contribution in [2.45, 2.75) is 5.75 Å². The second-order valence-electron chi connectivity index (χ2n) is 5.09. The molecule has 0 atom stereocenters. The van der Waals surface area contributed by atoms with Crippen molar-refractivity contribution in [3.05, 3.63) is 47.0 Å². The maximum Gasteiger partial charge on any atom is 0.323 e. The molecule has 3 rings (SSSR count). The van der Waals surface area contributed by atoms with Gasteiger partial charge in [-0.1, -0.05) is 23.7 Å². The summed E-state index contributed by atoms with van der Waals surface area (Å²) in [6.45, 7) is 0. The van der Waals surface area contributed by atoms with Crippen LogP contribution in [0.3, 0.4) is 0 Å². The minimum Gasteiger partial charge on any atom is -0.495 e. The van der Waals surface area contributed by atoms with Crippen LogP contribution in [0.15, 0.2) is 36.4 Å². The van der Waals surface area contributed by atoms with Crippen molar-refractivity contribution in [1.29, 1.82) is 0 Å². The normalized spacial score (nSPS) is 14.4. The van der Waals surface area contributed by atoms with E-state index in [1.165, 1.54) is 13.2 Å². The highest BCUT2D eigenvalue weighted by molar-refractivity contribution is 7.92. The van der Waals surface area contributed by atoms with Crippen LogP contribution < -0.4 is 20.1 Å². The number of carbonyl (C=O) groups is 1. The van der Waals surface area contributed by atoms with Gasteiger partial charge in [0, 0.05) is 10.6 Å². The van der Waals surface area contributed by atoms with Crippen LogP contribution in [-0.4, -0.2) is 21.6 Å². The molecule has 0 unspecified atom stereocenters. The Morgan fingerprint density at radius 3 is 2.62 bits per heavy atom. The number of hydrogen-bond donors (Lipinski definition) is 3. The predicted octanol–water partition coefficient (Wildman–Crippen LogP) is 3.25. The number of benzene rings is 2. The summed E-state index contributed by atoms with van der Waals surface area (Å²) in [6.07, 6.45) is 0. The van der Waals surface area contributed by atoms with E-state index in [1.54, 1.807) is 30.3 Å². The fourth-order valence-corrected chi connectivity index (χ4v) is 3.99. The highest BCUT2D eigenvalue weighted by atomic mass is 35.5. The number of rotatable bonds is 3. The van der Waals surface area contributed by atoms with Crippen molar-refractivity contribution in [3.63, 3.8) is 0 Å². The number of nitrogens with one attached hydrogen (secondary N) is 3. The maximum atomic E-state index is 12.2. The van der Waals surface area contributed by atoms with E-state index in [4.69, 9.17) is 16.3 Å². The van der Waals surface area contributed by atoms with E-state index in [1.807, 2.05) is 0 Å². The number of fused-ring (bicyclic) bond motifs is 1. The molecular weight excluding hydrogens is 354 g/mol. The first-order valence-corrected chi connectivity index (χ1v) is 8.95. The highest BCUT2D eigenvalue weighted by Crippen LogP contribution is 2.39. The lowest BCUT2D eigenvalue weighted by Gasteiger charge is -2.13. The lowest BCUT2D eigenvalue weighted by atomic mass is 10.1. The molecule has 2 aromatic rings. The number of sulfonamides is 1. The molecule has 24 heavy (non-hydrogen) atoms. The fourth-order valence-electron chi connectivity index (χ4n) is 2.39. The summed E-state index contributed by atoms with van der Waals surface area (Å²) < 4.78 is 31.0. The van der Waals surface area contributed by atoms with Crippen LogP contribution in [0, 0.1) is 0 Å². The van der Waals surface area contributed by atoms with Crippen molar-refractivity contribution in [3.8, 4) is 5.75 Å². The largest absolute Gasteiger partial charge is 0.495 e. The Bertz CT molecular complexity index is 915. The van der Waals surface area contributed by atoms with Gasteiger partial charge in [-0.15, -0.1) is 0 Å². The Morgan fingerprint density at radius 1 is 1.17 bits per heavy atom. The topological polar surface area (TPSA) is 96.5 Å². The van der Waals surface area contributed by atoms with Gasteiger partial charge in [-0.05, 0) is 24.3 Å². The lowest BCUT2D eigenvalue weighted by molar-refractivity contribution is 0.262. The molecule has 1 aliphatic rings. The molecule has 1 aliphatic heterocycles. The van der Waals surface area contributed by atoms with Crippen molar-refractivity contribution >= 4 is 44.7 Å². The summed E-state index contributed by atoms with van der Waals surface area (Å²) in [7, 11) is -1.98. The number of hydrogen-bond acceptors (Lipinski definition) is 4. The first-order chi connectivity index (χ1) is 11.4. The summed E-state index contributed by atoms with van der Waals surface area (Å²) in [5.74, 6) is 0.292. The van der Waals surface area contributed by atoms with Crippen molar-refractivity contribution in [2.24, 2.45) is 0 Å². The molecule has 2 aromatic carbocycles. The van der Waals surface area contributed by atoms with Gasteiger partial charge in [0.25, 0.3) is 0 Å². The molecule has 2 amide bonds. The average molecular weight is 368 g/mol. The third kappa shape index (κ3) is 3.24. The molecule has 0 saturated carbocycles. The van der Waals surface area contributed by atoms with Gasteiger partial charge in [0.05, 0.1) is 29.9 Å². The number of methoxy groups -OCH3 is 1. The quantitative estimate of drug-likeness (QED) is 0.775. The number of ether oxygens (including phenoxy) is 1. The first-order valence-electron chi connectivity index (χ1n) is 6.92. The third-order valence-corrected chi connectivity index (χ3v) is 4.99. The van der Waals surface area contributed by atoms with E-state index in [2.05, 4.69) is 15.4 Å². The molecule has 0 fully saturated rings. The van der Waals surface area contributed by atoms with Crippen molar-refractivity contribution in [1.82, 2.24) is 0 Å². The Hall–Kier alpha value is -2.45. The van der Waals surface area contributed by atoms with E-state index < -0.39 is 16.1 Å². The van der Waals surface area contributed by atoms with Gasteiger partial charge in [0.15, 0.2) is 0 Å².